The summed E-state index contributed by atoms with van der Waals surface area (Å²) >= 11 is 0. The van der Waals surface area contributed by atoms with Crippen molar-refractivity contribution in [3.8, 4) is 18.2 Å². The number of rotatable bonds is 2. The number of hydrogen-bond donors (Lipinski definition) is 0. The van der Waals surface area contributed by atoms with Gasteiger partial charge in [0, 0.05) is 13.1 Å². The number of aryl methyl sites for hydroxylation is 1. The van der Waals surface area contributed by atoms with Crippen molar-refractivity contribution in [2.24, 2.45) is 7.05 Å². The van der Waals surface area contributed by atoms with Crippen molar-refractivity contribution in [3.63, 3.8) is 0 Å². The second-order valence-electron chi connectivity index (χ2n) is 1.73. The summed E-state index contributed by atoms with van der Waals surface area (Å²) < 4.78 is 6.63. The van der Waals surface area contributed by atoms with Crippen LogP contribution in [0.3, 0.4) is 0 Å². The zero-order valence-corrected chi connectivity index (χ0v) is 5.66. The minimum Gasteiger partial charge on any atom is -0.465 e. The largest absolute Gasteiger partial charge is 0.465 e. The van der Waals surface area contributed by atoms with Gasteiger partial charge in [-0.05, 0) is 0 Å². The fourth-order valence-electron chi connectivity index (χ4n) is 0.564. The van der Waals surface area contributed by atoms with Gasteiger partial charge in [0.05, 0.1) is 0 Å². The van der Waals surface area contributed by atoms with Crippen LogP contribution in [0.25, 0.3) is 0 Å². The lowest BCUT2D eigenvalue weighted by atomic mass is 10.7. The van der Waals surface area contributed by atoms with Gasteiger partial charge in [0.1, 0.15) is 6.20 Å². The van der Waals surface area contributed by atoms with E-state index in [-0.39, 0.29) is 6.61 Å². The summed E-state index contributed by atoms with van der Waals surface area (Å²) in [6.07, 6.45) is 7.61. The Labute approximate surface area is 59.6 Å². The normalized spacial score (nSPS) is 8.80. The first-order valence-corrected chi connectivity index (χ1v) is 2.81. The minimum absolute atomic E-state index is 0.271. The van der Waals surface area contributed by atoms with Gasteiger partial charge in [0.15, 0.2) is 6.61 Å². The topological polar surface area (TPSA) is 27.1 Å². The van der Waals surface area contributed by atoms with Crippen molar-refractivity contribution in [2.75, 3.05) is 6.61 Å². The molecule has 0 saturated carbocycles. The molecule has 51 valence electrons. The molecule has 1 heterocycles. The minimum atomic E-state index is 0.271. The van der Waals surface area contributed by atoms with Crippen molar-refractivity contribution in [1.82, 2.24) is 9.78 Å². The van der Waals surface area contributed by atoms with Crippen LogP contribution in [0.2, 0.25) is 0 Å². The van der Waals surface area contributed by atoms with Gasteiger partial charge in [-0.25, -0.2) is 4.68 Å². The average Bonchev–Trinajstić information content (AvgIpc) is 2.31. The number of aromatic nitrogens is 2. The number of hydrogen-bond acceptors (Lipinski definition) is 2. The van der Waals surface area contributed by atoms with Gasteiger partial charge in [-0.3, -0.25) is 0 Å². The van der Waals surface area contributed by atoms with Crippen LogP contribution in [0.5, 0.6) is 5.88 Å². The van der Waals surface area contributed by atoms with E-state index in [2.05, 4.69) is 17.2 Å². The van der Waals surface area contributed by atoms with Gasteiger partial charge < -0.3 is 4.74 Å². The highest BCUT2D eigenvalue weighted by Crippen LogP contribution is 2.04. The Morgan fingerprint density at radius 1 is 2.00 bits per heavy atom. The van der Waals surface area contributed by atoms with Crippen LogP contribution in [0.1, 0.15) is 0 Å². The standard InChI is InChI=1S/C7H7N2O/c1-3-6-10-7-4-5-8-9(7)2/h1,4H,6H2,2H3. The molecular weight excluding hydrogens is 128 g/mol. The molecule has 0 bridgehead atoms. The summed E-state index contributed by atoms with van der Waals surface area (Å²) in [6, 6.07) is 1.64. The predicted molar refractivity (Wildman–Crippen MR) is 36.4 cm³/mol. The SMILES string of the molecule is C#CCOc1c[c]nn1C. The van der Waals surface area contributed by atoms with Crippen molar-refractivity contribution in [1.29, 1.82) is 0 Å². The Balaban J connectivity index is 2.59. The Morgan fingerprint density at radius 2 is 2.80 bits per heavy atom. The van der Waals surface area contributed by atoms with E-state index in [0.717, 1.165) is 0 Å². The molecule has 0 N–H and O–H groups in total. The fourth-order valence-corrected chi connectivity index (χ4v) is 0.564. The van der Waals surface area contributed by atoms with Crippen molar-refractivity contribution < 1.29 is 4.74 Å². The molecule has 3 heteroatoms. The summed E-state index contributed by atoms with van der Waals surface area (Å²) in [5.74, 6) is 2.99. The van der Waals surface area contributed by atoms with Crippen LogP contribution in [-0.2, 0) is 7.05 Å². The molecule has 0 aromatic carbocycles. The van der Waals surface area contributed by atoms with Gasteiger partial charge in [-0.1, -0.05) is 5.92 Å². The molecule has 0 aliphatic rings. The summed E-state index contributed by atoms with van der Waals surface area (Å²) in [7, 11) is 1.77. The van der Waals surface area contributed by atoms with E-state index in [1.165, 1.54) is 0 Å². The Morgan fingerprint density at radius 3 is 3.30 bits per heavy atom. The van der Waals surface area contributed by atoms with E-state index < -0.39 is 0 Å². The highest BCUT2D eigenvalue weighted by molar-refractivity contribution is 5.07. The Bertz CT molecular complexity index is 246. The molecule has 0 aliphatic carbocycles. The maximum absolute atomic E-state index is 5.06. The first kappa shape index (κ1) is 6.69. The quantitative estimate of drug-likeness (QED) is 0.543. The number of nitrogens with zero attached hydrogens (tertiary/aromatic N) is 2. The predicted octanol–water partition coefficient (Wildman–Crippen LogP) is 0.232. The molecule has 0 aliphatic heterocycles. The van der Waals surface area contributed by atoms with Gasteiger partial charge in [0.25, 0.3) is 0 Å². The highest BCUT2D eigenvalue weighted by Gasteiger charge is 1.95. The monoisotopic (exact) mass is 135 g/mol. The lowest BCUT2D eigenvalue weighted by Gasteiger charge is -1.99. The molecule has 0 saturated heterocycles. The van der Waals surface area contributed by atoms with Gasteiger partial charge in [-0.2, -0.15) is 5.10 Å². The molecule has 1 rings (SSSR count). The second-order valence-corrected chi connectivity index (χ2v) is 1.73. The smallest absolute Gasteiger partial charge is 0.213 e. The summed E-state index contributed by atoms with van der Waals surface area (Å²) in [5.41, 5.74) is 0. The van der Waals surface area contributed by atoms with Gasteiger partial charge in [0.2, 0.25) is 5.88 Å². The van der Waals surface area contributed by atoms with Crippen LogP contribution in [0.4, 0.5) is 0 Å². The van der Waals surface area contributed by atoms with E-state index in [0.29, 0.717) is 5.88 Å². The van der Waals surface area contributed by atoms with Crippen LogP contribution in [-0.4, -0.2) is 16.4 Å². The van der Waals surface area contributed by atoms with Crippen LogP contribution in [0, 0.1) is 18.5 Å². The summed E-state index contributed by atoms with van der Waals surface area (Å²) in [5, 5.41) is 3.77. The fraction of sp³-hybridized carbons (Fsp3) is 0.286. The lowest BCUT2D eigenvalue weighted by Crippen LogP contribution is -1.99. The molecule has 3 nitrogen and oxygen atoms in total. The van der Waals surface area contributed by atoms with Crippen LogP contribution >= 0.6 is 0 Å². The maximum Gasteiger partial charge on any atom is 0.213 e. The maximum atomic E-state index is 5.06. The van der Waals surface area contributed by atoms with E-state index in [9.17, 15) is 0 Å². The van der Waals surface area contributed by atoms with Crippen LogP contribution < -0.4 is 4.74 Å². The molecule has 1 radical (unpaired) electrons. The van der Waals surface area contributed by atoms with E-state index in [1.807, 2.05) is 0 Å². The summed E-state index contributed by atoms with van der Waals surface area (Å²) in [6.45, 7) is 0.271. The van der Waals surface area contributed by atoms with E-state index >= 15 is 0 Å². The van der Waals surface area contributed by atoms with E-state index in [1.54, 1.807) is 17.8 Å². The van der Waals surface area contributed by atoms with E-state index in [4.69, 9.17) is 11.2 Å². The molecule has 0 amide bonds. The lowest BCUT2D eigenvalue weighted by molar-refractivity contribution is 0.335. The van der Waals surface area contributed by atoms with Gasteiger partial charge >= 0.3 is 0 Å². The zero-order valence-electron chi connectivity index (χ0n) is 5.66. The first-order valence-electron chi connectivity index (χ1n) is 2.81. The molecule has 1 aromatic rings. The molecule has 10 heavy (non-hydrogen) atoms. The number of ether oxygens (including phenoxy) is 1. The van der Waals surface area contributed by atoms with Gasteiger partial charge in [-0.15, -0.1) is 6.42 Å². The third-order valence-electron chi connectivity index (χ3n) is 1.02. The Hall–Kier alpha value is -1.43. The first-order chi connectivity index (χ1) is 4.84. The third kappa shape index (κ3) is 1.29. The average molecular weight is 135 g/mol. The Kier molecular flexibility index (Phi) is 1.96. The second kappa shape index (κ2) is 2.92. The zero-order chi connectivity index (χ0) is 7.40. The molecule has 1 aromatic heterocycles. The third-order valence-corrected chi connectivity index (χ3v) is 1.02. The molecule has 0 unspecified atom stereocenters. The van der Waals surface area contributed by atoms with Crippen LogP contribution in [0.15, 0.2) is 6.07 Å². The molecule has 0 atom stereocenters. The van der Waals surface area contributed by atoms with Crippen molar-refractivity contribution in [2.45, 2.75) is 0 Å². The molecular formula is C7H7N2O. The highest BCUT2D eigenvalue weighted by atomic mass is 16.5. The molecule has 0 spiro atoms. The number of terminal acetylenes is 1. The van der Waals surface area contributed by atoms with Crippen molar-refractivity contribution >= 4 is 0 Å². The van der Waals surface area contributed by atoms with Crippen molar-refractivity contribution in [3.05, 3.63) is 12.3 Å². The molecule has 0 fully saturated rings. The summed E-state index contributed by atoms with van der Waals surface area (Å²) in [4.78, 5) is 0.